The Kier molecular flexibility index (Phi) is 5.51. The summed E-state index contributed by atoms with van der Waals surface area (Å²) in [6.07, 6.45) is 0. The van der Waals surface area contributed by atoms with Crippen molar-refractivity contribution in [3.05, 3.63) is 44.6 Å². The van der Waals surface area contributed by atoms with Crippen molar-refractivity contribution >= 4 is 50.2 Å². The molecule has 0 spiro atoms. The largest absolute Gasteiger partial charge is 0.312 e. The molecule has 2 N–H and O–H groups in total. The van der Waals surface area contributed by atoms with Gasteiger partial charge >= 0.3 is 0 Å². The first-order valence-corrected chi connectivity index (χ1v) is 9.31. The van der Waals surface area contributed by atoms with Crippen LogP contribution < -0.4 is 10.0 Å². The normalized spacial score (nSPS) is 11.6. The first kappa shape index (κ1) is 16.6. The van der Waals surface area contributed by atoms with Gasteiger partial charge in [0.2, 0.25) is 0 Å². The lowest BCUT2D eigenvalue weighted by Gasteiger charge is -2.10. The molecule has 0 aliphatic carbocycles. The van der Waals surface area contributed by atoms with Crippen molar-refractivity contribution in [3.8, 4) is 0 Å². The molecule has 0 aliphatic heterocycles. The van der Waals surface area contributed by atoms with Gasteiger partial charge in [-0.1, -0.05) is 30.1 Å². The Morgan fingerprint density at radius 2 is 2.00 bits per heavy atom. The third-order valence-electron chi connectivity index (χ3n) is 2.71. The number of benzene rings is 1. The fourth-order valence-corrected chi connectivity index (χ4v) is 4.71. The zero-order chi connectivity index (χ0) is 15.5. The van der Waals surface area contributed by atoms with Crippen LogP contribution in [0.15, 0.2) is 34.5 Å². The van der Waals surface area contributed by atoms with Crippen molar-refractivity contribution < 1.29 is 8.42 Å². The third-order valence-corrected chi connectivity index (χ3v) is 5.75. The van der Waals surface area contributed by atoms with Gasteiger partial charge in [0.1, 0.15) is 4.90 Å². The quantitative estimate of drug-likeness (QED) is 0.815. The Balaban J connectivity index is 2.28. The summed E-state index contributed by atoms with van der Waals surface area (Å²) in [7, 11) is -3.67. The van der Waals surface area contributed by atoms with E-state index in [1.54, 1.807) is 23.6 Å². The van der Waals surface area contributed by atoms with Gasteiger partial charge in [-0.25, -0.2) is 8.42 Å². The summed E-state index contributed by atoms with van der Waals surface area (Å²) in [6.45, 7) is 3.25. The van der Waals surface area contributed by atoms with Gasteiger partial charge in [-0.2, -0.15) is 0 Å². The van der Waals surface area contributed by atoms with Crippen LogP contribution >= 0.6 is 34.5 Å². The van der Waals surface area contributed by atoms with Gasteiger partial charge in [0, 0.05) is 16.4 Å². The zero-order valence-corrected chi connectivity index (χ0v) is 14.3. The SMILES string of the molecule is CCNCc1sccc1S(=O)(=O)Nc1ccc(Cl)cc1Cl. The van der Waals surface area contributed by atoms with E-state index in [1.165, 1.54) is 17.4 Å². The number of halogens is 2. The van der Waals surface area contributed by atoms with E-state index in [0.29, 0.717) is 17.3 Å². The highest BCUT2D eigenvalue weighted by Gasteiger charge is 2.20. The van der Waals surface area contributed by atoms with Gasteiger partial charge in [-0.15, -0.1) is 11.3 Å². The fraction of sp³-hybridized carbons (Fsp3) is 0.231. The van der Waals surface area contributed by atoms with Gasteiger partial charge < -0.3 is 5.32 Å². The molecule has 0 amide bonds. The van der Waals surface area contributed by atoms with Crippen LogP contribution in [0, 0.1) is 0 Å². The first-order chi connectivity index (χ1) is 9.94. The molecule has 0 fully saturated rings. The van der Waals surface area contributed by atoms with Crippen LogP contribution in [0.1, 0.15) is 11.8 Å². The predicted molar refractivity (Wildman–Crippen MR) is 89.0 cm³/mol. The lowest BCUT2D eigenvalue weighted by Crippen LogP contribution is -2.17. The van der Waals surface area contributed by atoms with Crippen molar-refractivity contribution in [2.45, 2.75) is 18.4 Å². The number of hydrogen-bond acceptors (Lipinski definition) is 4. The maximum atomic E-state index is 12.5. The molecule has 0 saturated heterocycles. The number of hydrogen-bond donors (Lipinski definition) is 2. The van der Waals surface area contributed by atoms with Gasteiger partial charge in [0.15, 0.2) is 0 Å². The molecule has 21 heavy (non-hydrogen) atoms. The van der Waals surface area contributed by atoms with E-state index in [2.05, 4.69) is 10.0 Å². The Bertz CT molecular complexity index is 730. The average Bonchev–Trinajstić information content (AvgIpc) is 2.89. The monoisotopic (exact) mass is 364 g/mol. The van der Waals surface area contributed by atoms with E-state index in [0.717, 1.165) is 11.4 Å². The highest BCUT2D eigenvalue weighted by Crippen LogP contribution is 2.29. The van der Waals surface area contributed by atoms with Crippen LogP contribution in [-0.4, -0.2) is 15.0 Å². The molecule has 0 saturated carbocycles. The number of anilines is 1. The van der Waals surface area contributed by atoms with E-state index >= 15 is 0 Å². The Morgan fingerprint density at radius 1 is 1.24 bits per heavy atom. The van der Waals surface area contributed by atoms with E-state index in [9.17, 15) is 8.42 Å². The standard InChI is InChI=1S/C13H14Cl2N2O2S2/c1-2-16-8-12-13(5-6-20-12)21(18,19)17-11-4-3-9(14)7-10(11)15/h3-7,16-17H,2,8H2,1H3. The molecule has 1 heterocycles. The molecule has 1 aromatic carbocycles. The second-order valence-electron chi connectivity index (χ2n) is 4.22. The molecule has 2 aromatic rings. The summed E-state index contributed by atoms with van der Waals surface area (Å²) in [5.74, 6) is 0. The maximum absolute atomic E-state index is 12.5. The van der Waals surface area contributed by atoms with E-state index in [1.807, 2.05) is 6.92 Å². The van der Waals surface area contributed by atoms with Crippen LogP contribution in [-0.2, 0) is 16.6 Å². The Labute approximate surface area is 138 Å². The van der Waals surface area contributed by atoms with Crippen LogP contribution in [0.4, 0.5) is 5.69 Å². The molecule has 114 valence electrons. The molecule has 0 aliphatic rings. The summed E-state index contributed by atoms with van der Waals surface area (Å²) in [5, 5.41) is 5.58. The second kappa shape index (κ2) is 6.98. The minimum atomic E-state index is -3.67. The van der Waals surface area contributed by atoms with Crippen LogP contribution in [0.3, 0.4) is 0 Å². The topological polar surface area (TPSA) is 58.2 Å². The number of nitrogens with one attached hydrogen (secondary N) is 2. The average molecular weight is 365 g/mol. The molecule has 2 rings (SSSR count). The van der Waals surface area contributed by atoms with Crippen molar-refractivity contribution in [2.24, 2.45) is 0 Å². The summed E-state index contributed by atoms with van der Waals surface area (Å²) < 4.78 is 27.4. The lowest BCUT2D eigenvalue weighted by atomic mass is 10.3. The molecule has 0 bridgehead atoms. The molecule has 0 radical (unpaired) electrons. The summed E-state index contributed by atoms with van der Waals surface area (Å²) in [6, 6.07) is 6.20. The van der Waals surface area contributed by atoms with Crippen molar-refractivity contribution in [1.29, 1.82) is 0 Å². The summed E-state index contributed by atoms with van der Waals surface area (Å²) in [4.78, 5) is 1.02. The molecule has 4 nitrogen and oxygen atoms in total. The molecule has 1 aromatic heterocycles. The van der Waals surface area contributed by atoms with E-state index in [-0.39, 0.29) is 9.92 Å². The third kappa shape index (κ3) is 4.11. The van der Waals surface area contributed by atoms with Crippen LogP contribution in [0.5, 0.6) is 0 Å². The van der Waals surface area contributed by atoms with Crippen molar-refractivity contribution in [1.82, 2.24) is 5.32 Å². The second-order valence-corrected chi connectivity index (χ2v) is 7.71. The van der Waals surface area contributed by atoms with E-state index in [4.69, 9.17) is 23.2 Å². The molecular formula is C13H14Cl2N2O2S2. The van der Waals surface area contributed by atoms with Crippen LogP contribution in [0.2, 0.25) is 10.0 Å². The van der Waals surface area contributed by atoms with Gasteiger partial charge in [0.25, 0.3) is 10.0 Å². The zero-order valence-electron chi connectivity index (χ0n) is 11.2. The van der Waals surface area contributed by atoms with Gasteiger partial charge in [0.05, 0.1) is 10.7 Å². The number of sulfonamides is 1. The Hall–Kier alpha value is -0.790. The highest BCUT2D eigenvalue weighted by atomic mass is 35.5. The minimum Gasteiger partial charge on any atom is -0.312 e. The fourth-order valence-electron chi connectivity index (χ4n) is 1.71. The molecular weight excluding hydrogens is 351 g/mol. The number of rotatable bonds is 6. The summed E-state index contributed by atoms with van der Waals surface area (Å²) in [5.41, 5.74) is 0.307. The smallest absolute Gasteiger partial charge is 0.263 e. The highest BCUT2D eigenvalue weighted by molar-refractivity contribution is 7.93. The number of thiophene rings is 1. The minimum absolute atomic E-state index is 0.259. The molecule has 0 atom stereocenters. The maximum Gasteiger partial charge on any atom is 0.263 e. The lowest BCUT2D eigenvalue weighted by molar-refractivity contribution is 0.599. The molecule has 8 heteroatoms. The van der Waals surface area contributed by atoms with Gasteiger partial charge in [-0.05, 0) is 36.2 Å². The predicted octanol–water partition coefficient (Wildman–Crippen LogP) is 3.97. The van der Waals surface area contributed by atoms with E-state index < -0.39 is 10.0 Å². The Morgan fingerprint density at radius 3 is 2.67 bits per heavy atom. The summed E-state index contributed by atoms with van der Waals surface area (Å²) >= 11 is 13.2. The molecule has 0 unspecified atom stereocenters. The van der Waals surface area contributed by atoms with Crippen molar-refractivity contribution in [2.75, 3.05) is 11.3 Å². The first-order valence-electron chi connectivity index (χ1n) is 6.19. The van der Waals surface area contributed by atoms with Crippen molar-refractivity contribution in [3.63, 3.8) is 0 Å². The van der Waals surface area contributed by atoms with Gasteiger partial charge in [-0.3, -0.25) is 4.72 Å². The van der Waals surface area contributed by atoms with Crippen LogP contribution in [0.25, 0.3) is 0 Å².